The third kappa shape index (κ3) is 4.74. The van der Waals surface area contributed by atoms with Crippen molar-refractivity contribution < 1.29 is 24.1 Å². The second-order valence-electron chi connectivity index (χ2n) is 8.07. The minimum Gasteiger partial charge on any atom is -0.352 e. The van der Waals surface area contributed by atoms with Gasteiger partial charge in [-0.1, -0.05) is 30.3 Å². The third-order valence-electron chi connectivity index (χ3n) is 5.88. The lowest BCUT2D eigenvalue weighted by atomic mass is 10.0. The molecule has 10 nitrogen and oxygen atoms in total. The number of nitrogens with zero attached hydrogens (tertiary/aromatic N) is 3. The van der Waals surface area contributed by atoms with Crippen molar-refractivity contribution >= 4 is 29.3 Å². The summed E-state index contributed by atoms with van der Waals surface area (Å²) in [6, 6.07) is 12.7. The number of imide groups is 1. The third-order valence-corrected chi connectivity index (χ3v) is 5.88. The fourth-order valence-electron chi connectivity index (χ4n) is 4.11. The maximum Gasteiger partial charge on any atom is 0.270 e. The van der Waals surface area contributed by atoms with Gasteiger partial charge in [0.15, 0.2) is 0 Å². The van der Waals surface area contributed by atoms with Crippen LogP contribution in [0.15, 0.2) is 48.5 Å². The molecule has 1 fully saturated rings. The minimum atomic E-state index is -0.727. The number of hydrogen-bond donors (Lipinski definition) is 1. The fraction of sp³-hybridized carbons (Fsp3) is 0.304. The number of non-ortho nitro benzene ring substituents is 1. The number of nitro benzene ring substituents is 1. The molecule has 0 radical (unpaired) electrons. The van der Waals surface area contributed by atoms with Crippen molar-refractivity contribution in [3.05, 3.63) is 75.3 Å². The highest BCUT2D eigenvalue weighted by Gasteiger charge is 2.38. The molecule has 2 aromatic carbocycles. The van der Waals surface area contributed by atoms with Gasteiger partial charge in [-0.2, -0.15) is 0 Å². The van der Waals surface area contributed by atoms with Crippen molar-refractivity contribution in [3.8, 4) is 0 Å². The molecule has 1 N–H and O–H groups in total. The van der Waals surface area contributed by atoms with Gasteiger partial charge in [-0.15, -0.1) is 0 Å². The molecule has 0 bridgehead atoms. The number of nitro groups is 1. The van der Waals surface area contributed by atoms with Gasteiger partial charge >= 0.3 is 0 Å². The van der Waals surface area contributed by atoms with E-state index in [1.807, 2.05) is 30.3 Å². The van der Waals surface area contributed by atoms with Crippen LogP contribution in [-0.4, -0.2) is 64.0 Å². The normalized spacial score (nSPS) is 16.0. The van der Waals surface area contributed by atoms with Gasteiger partial charge in [-0.25, -0.2) is 0 Å². The minimum absolute atomic E-state index is 0.0334. The quantitative estimate of drug-likeness (QED) is 0.404. The second kappa shape index (κ2) is 9.19. The van der Waals surface area contributed by atoms with E-state index in [1.54, 1.807) is 4.90 Å². The van der Waals surface area contributed by atoms with E-state index in [0.717, 1.165) is 22.6 Å². The van der Waals surface area contributed by atoms with E-state index < -0.39 is 29.2 Å². The molecule has 0 unspecified atom stereocenters. The van der Waals surface area contributed by atoms with Crippen LogP contribution in [0.3, 0.4) is 0 Å². The van der Waals surface area contributed by atoms with Crippen molar-refractivity contribution in [2.75, 3.05) is 19.6 Å². The van der Waals surface area contributed by atoms with E-state index in [2.05, 4.69) is 5.32 Å². The van der Waals surface area contributed by atoms with Gasteiger partial charge in [-0.05, 0) is 24.5 Å². The lowest BCUT2D eigenvalue weighted by Gasteiger charge is -2.32. The van der Waals surface area contributed by atoms with Crippen molar-refractivity contribution in [1.29, 1.82) is 0 Å². The van der Waals surface area contributed by atoms with Crippen molar-refractivity contribution in [2.24, 2.45) is 0 Å². The average molecular weight is 450 g/mol. The zero-order chi connectivity index (χ0) is 23.5. The first-order chi connectivity index (χ1) is 15.8. The Morgan fingerprint density at radius 3 is 2.33 bits per heavy atom. The van der Waals surface area contributed by atoms with Gasteiger partial charge in [-0.3, -0.25) is 34.2 Å². The van der Waals surface area contributed by atoms with E-state index >= 15 is 0 Å². The standard InChI is InChI=1S/C23H22N4O6/c28-20(14-26-22(30)18-7-6-17(27(32)33)13-19(18)23(26)31)24-16-8-10-25(11-9-16)21(29)12-15-4-2-1-3-5-15/h1-7,13,16H,8-12,14H2,(H,24,28). The molecule has 0 saturated carbocycles. The summed E-state index contributed by atoms with van der Waals surface area (Å²) >= 11 is 0. The molecule has 170 valence electrons. The first kappa shape index (κ1) is 22.1. The molecule has 10 heteroatoms. The summed E-state index contributed by atoms with van der Waals surface area (Å²) in [6.07, 6.45) is 1.47. The van der Waals surface area contributed by atoms with Crippen LogP contribution in [0.1, 0.15) is 39.1 Å². The van der Waals surface area contributed by atoms with Crippen molar-refractivity contribution in [3.63, 3.8) is 0 Å². The average Bonchev–Trinajstić information content (AvgIpc) is 3.04. The van der Waals surface area contributed by atoms with Crippen LogP contribution in [0.4, 0.5) is 5.69 Å². The fourth-order valence-corrected chi connectivity index (χ4v) is 4.11. The van der Waals surface area contributed by atoms with Gasteiger partial charge < -0.3 is 10.2 Å². The molecule has 2 aromatic rings. The highest BCUT2D eigenvalue weighted by atomic mass is 16.6. The number of benzene rings is 2. The molecular formula is C23H22N4O6. The molecule has 4 rings (SSSR count). The lowest BCUT2D eigenvalue weighted by Crippen LogP contribution is -2.49. The van der Waals surface area contributed by atoms with E-state index in [-0.39, 0.29) is 28.8 Å². The summed E-state index contributed by atoms with van der Waals surface area (Å²) in [5, 5.41) is 13.8. The van der Waals surface area contributed by atoms with E-state index in [1.165, 1.54) is 6.07 Å². The molecule has 0 atom stereocenters. The molecule has 0 spiro atoms. The van der Waals surface area contributed by atoms with Crippen LogP contribution in [-0.2, 0) is 16.0 Å². The highest BCUT2D eigenvalue weighted by Crippen LogP contribution is 2.26. The number of rotatable bonds is 6. The smallest absolute Gasteiger partial charge is 0.270 e. The summed E-state index contributed by atoms with van der Waals surface area (Å²) in [5.74, 6) is -1.84. The molecule has 2 aliphatic rings. The Balaban J connectivity index is 1.28. The maximum atomic E-state index is 12.5. The van der Waals surface area contributed by atoms with E-state index in [4.69, 9.17) is 0 Å². The Morgan fingerprint density at radius 1 is 1.00 bits per heavy atom. The summed E-state index contributed by atoms with van der Waals surface area (Å²) in [7, 11) is 0. The summed E-state index contributed by atoms with van der Waals surface area (Å²) in [5.41, 5.74) is 0.620. The Hall–Kier alpha value is -4.08. The Bertz CT molecular complexity index is 1130. The number of piperidine rings is 1. The first-order valence-electron chi connectivity index (χ1n) is 10.6. The van der Waals surface area contributed by atoms with Gasteiger partial charge in [0, 0.05) is 31.3 Å². The highest BCUT2D eigenvalue weighted by molar-refractivity contribution is 6.22. The van der Waals surface area contributed by atoms with Crippen LogP contribution >= 0.6 is 0 Å². The van der Waals surface area contributed by atoms with Crippen molar-refractivity contribution in [1.82, 2.24) is 15.1 Å². The van der Waals surface area contributed by atoms with Crippen LogP contribution < -0.4 is 5.32 Å². The molecule has 0 aromatic heterocycles. The SMILES string of the molecule is O=C(CN1C(=O)c2ccc([N+](=O)[O-])cc2C1=O)NC1CCN(C(=O)Cc2ccccc2)CC1. The number of carbonyl (C=O) groups excluding carboxylic acids is 4. The van der Waals surface area contributed by atoms with E-state index in [9.17, 15) is 29.3 Å². The second-order valence-corrected chi connectivity index (χ2v) is 8.07. The van der Waals surface area contributed by atoms with Gasteiger partial charge in [0.1, 0.15) is 6.54 Å². The Kier molecular flexibility index (Phi) is 6.16. The molecule has 2 heterocycles. The number of carbonyl (C=O) groups is 4. The molecular weight excluding hydrogens is 428 g/mol. The topological polar surface area (TPSA) is 130 Å². The zero-order valence-electron chi connectivity index (χ0n) is 17.7. The molecule has 33 heavy (non-hydrogen) atoms. The monoisotopic (exact) mass is 450 g/mol. The largest absolute Gasteiger partial charge is 0.352 e. The van der Waals surface area contributed by atoms with Crippen molar-refractivity contribution in [2.45, 2.75) is 25.3 Å². The number of hydrogen-bond acceptors (Lipinski definition) is 6. The number of fused-ring (bicyclic) bond motifs is 1. The Labute approximate surface area is 189 Å². The first-order valence-corrected chi connectivity index (χ1v) is 10.6. The van der Waals surface area contributed by atoms with Crippen LogP contribution in [0, 0.1) is 10.1 Å². The van der Waals surface area contributed by atoms with Crippen LogP contribution in [0.5, 0.6) is 0 Å². The Morgan fingerprint density at radius 2 is 1.67 bits per heavy atom. The number of amides is 4. The predicted molar refractivity (Wildman–Crippen MR) is 116 cm³/mol. The maximum absolute atomic E-state index is 12.5. The molecule has 1 saturated heterocycles. The number of likely N-dealkylation sites (tertiary alicyclic amines) is 1. The van der Waals surface area contributed by atoms with Gasteiger partial charge in [0.25, 0.3) is 17.5 Å². The lowest BCUT2D eigenvalue weighted by molar-refractivity contribution is -0.384. The summed E-state index contributed by atoms with van der Waals surface area (Å²) in [4.78, 5) is 62.9. The summed E-state index contributed by atoms with van der Waals surface area (Å²) in [6.45, 7) is 0.549. The van der Waals surface area contributed by atoms with Crippen LogP contribution in [0.25, 0.3) is 0 Å². The zero-order valence-corrected chi connectivity index (χ0v) is 17.7. The molecule has 0 aliphatic carbocycles. The predicted octanol–water partition coefficient (Wildman–Crippen LogP) is 1.54. The van der Waals surface area contributed by atoms with Gasteiger partial charge in [0.05, 0.1) is 22.5 Å². The van der Waals surface area contributed by atoms with Gasteiger partial charge in [0.2, 0.25) is 11.8 Å². The molecule has 4 amide bonds. The summed E-state index contributed by atoms with van der Waals surface area (Å²) < 4.78 is 0. The van der Waals surface area contributed by atoms with E-state index in [0.29, 0.717) is 32.4 Å². The number of nitrogens with one attached hydrogen (secondary N) is 1. The van der Waals surface area contributed by atoms with Crippen LogP contribution in [0.2, 0.25) is 0 Å². The molecule has 2 aliphatic heterocycles.